The Labute approximate surface area is 135 Å². The number of nitrogens with zero attached hydrogens (tertiary/aromatic N) is 4. The third-order valence-electron chi connectivity index (χ3n) is 4.22. The lowest BCUT2D eigenvalue weighted by molar-refractivity contribution is -0.135. The van der Waals surface area contributed by atoms with Crippen LogP contribution in [0.1, 0.15) is 19.0 Å². The molecule has 1 saturated heterocycles. The van der Waals surface area contributed by atoms with Crippen LogP contribution in [0.3, 0.4) is 0 Å². The molecule has 2 amide bonds. The van der Waals surface area contributed by atoms with Crippen LogP contribution in [-0.2, 0) is 16.1 Å². The van der Waals surface area contributed by atoms with E-state index >= 15 is 0 Å². The van der Waals surface area contributed by atoms with Gasteiger partial charge in [0.05, 0.1) is 35.4 Å². The summed E-state index contributed by atoms with van der Waals surface area (Å²) < 4.78 is 0. The van der Waals surface area contributed by atoms with Gasteiger partial charge in [-0.15, -0.1) is 0 Å². The van der Waals surface area contributed by atoms with E-state index in [9.17, 15) is 9.59 Å². The molecule has 1 aromatic carbocycles. The fourth-order valence-corrected chi connectivity index (χ4v) is 2.95. The monoisotopic (exact) mass is 312 g/mol. The van der Waals surface area contributed by atoms with Crippen LogP contribution in [0, 0.1) is 5.92 Å². The molecule has 0 bridgehead atoms. The number of aromatic nitrogens is 2. The lowest BCUT2D eigenvalue weighted by atomic mass is 10.1. The van der Waals surface area contributed by atoms with Crippen LogP contribution in [0.15, 0.2) is 30.5 Å². The van der Waals surface area contributed by atoms with Crippen LogP contribution in [0.2, 0.25) is 0 Å². The molecule has 1 aliphatic rings. The van der Waals surface area contributed by atoms with Gasteiger partial charge >= 0.3 is 0 Å². The van der Waals surface area contributed by atoms with Gasteiger partial charge in [0.25, 0.3) is 0 Å². The predicted octanol–water partition coefficient (Wildman–Crippen LogP) is 1.46. The van der Waals surface area contributed by atoms with E-state index in [1.165, 1.54) is 0 Å². The highest BCUT2D eigenvalue weighted by molar-refractivity contribution is 5.89. The van der Waals surface area contributed by atoms with Crippen molar-refractivity contribution >= 4 is 22.8 Å². The molecular weight excluding hydrogens is 292 g/mol. The minimum Gasteiger partial charge on any atom is -0.342 e. The number of benzene rings is 1. The minimum atomic E-state index is -0.249. The van der Waals surface area contributed by atoms with E-state index in [2.05, 4.69) is 9.97 Å². The molecule has 6 heteroatoms. The van der Waals surface area contributed by atoms with Crippen LogP contribution in [-0.4, -0.2) is 51.7 Å². The quantitative estimate of drug-likeness (QED) is 0.857. The number of amides is 2. The molecule has 0 saturated carbocycles. The molecule has 0 N–H and O–H groups in total. The zero-order valence-electron chi connectivity index (χ0n) is 13.4. The van der Waals surface area contributed by atoms with E-state index < -0.39 is 0 Å². The van der Waals surface area contributed by atoms with Crippen LogP contribution in [0.5, 0.6) is 0 Å². The first kappa shape index (κ1) is 15.4. The Morgan fingerprint density at radius 2 is 2.09 bits per heavy atom. The van der Waals surface area contributed by atoms with E-state index in [1.807, 2.05) is 31.2 Å². The van der Waals surface area contributed by atoms with E-state index in [1.54, 1.807) is 23.0 Å². The molecule has 1 fully saturated rings. The molecule has 0 spiro atoms. The second kappa shape index (κ2) is 6.32. The molecule has 1 aromatic heterocycles. The Morgan fingerprint density at radius 1 is 1.35 bits per heavy atom. The summed E-state index contributed by atoms with van der Waals surface area (Å²) in [6.45, 7) is 3.50. The zero-order valence-corrected chi connectivity index (χ0v) is 13.4. The summed E-state index contributed by atoms with van der Waals surface area (Å²) in [6.07, 6.45) is 2.00. The van der Waals surface area contributed by atoms with Crippen molar-refractivity contribution in [3.8, 4) is 0 Å². The van der Waals surface area contributed by atoms with Gasteiger partial charge in [-0.05, 0) is 19.1 Å². The fraction of sp³-hybridized carbons (Fsp3) is 0.412. The fourth-order valence-electron chi connectivity index (χ4n) is 2.95. The standard InChI is InChI=1S/C17H20N4O2/c1-3-21-10-12(8-16(21)22)17(23)20(2)11-13-9-18-14-6-4-5-7-15(14)19-13/h4-7,9,12H,3,8,10-11H2,1-2H3. The predicted molar refractivity (Wildman–Crippen MR) is 86.4 cm³/mol. The van der Waals surface area contributed by atoms with Crippen molar-refractivity contribution in [2.24, 2.45) is 5.92 Å². The van der Waals surface area contributed by atoms with Gasteiger partial charge in [-0.2, -0.15) is 0 Å². The third kappa shape index (κ3) is 3.16. The van der Waals surface area contributed by atoms with Crippen molar-refractivity contribution in [3.63, 3.8) is 0 Å². The number of carbonyl (C=O) groups excluding carboxylic acids is 2. The summed E-state index contributed by atoms with van der Waals surface area (Å²) in [5.74, 6) is -0.199. The molecule has 0 aliphatic carbocycles. The van der Waals surface area contributed by atoms with Crippen molar-refractivity contribution in [2.75, 3.05) is 20.1 Å². The van der Waals surface area contributed by atoms with Crippen molar-refractivity contribution in [3.05, 3.63) is 36.2 Å². The molecule has 6 nitrogen and oxygen atoms in total. The maximum Gasteiger partial charge on any atom is 0.228 e. The summed E-state index contributed by atoms with van der Waals surface area (Å²) in [7, 11) is 1.75. The Bertz CT molecular complexity index is 746. The van der Waals surface area contributed by atoms with Crippen molar-refractivity contribution in [2.45, 2.75) is 19.9 Å². The van der Waals surface area contributed by atoms with Gasteiger partial charge in [-0.3, -0.25) is 14.6 Å². The second-order valence-electron chi connectivity index (χ2n) is 5.88. The van der Waals surface area contributed by atoms with Gasteiger partial charge in [0, 0.05) is 26.6 Å². The summed E-state index contributed by atoms with van der Waals surface area (Å²) in [6, 6.07) is 7.65. The first-order valence-electron chi connectivity index (χ1n) is 7.82. The van der Waals surface area contributed by atoms with Crippen molar-refractivity contribution in [1.82, 2.24) is 19.8 Å². The summed E-state index contributed by atoms with van der Waals surface area (Å²) in [4.78, 5) is 36.6. The first-order valence-corrected chi connectivity index (χ1v) is 7.82. The van der Waals surface area contributed by atoms with Crippen molar-refractivity contribution < 1.29 is 9.59 Å². The summed E-state index contributed by atoms with van der Waals surface area (Å²) in [5, 5.41) is 0. The van der Waals surface area contributed by atoms with Gasteiger partial charge in [0.2, 0.25) is 11.8 Å². The number of likely N-dealkylation sites (tertiary alicyclic amines) is 1. The number of para-hydroxylation sites is 2. The van der Waals surface area contributed by atoms with Gasteiger partial charge in [-0.1, -0.05) is 12.1 Å². The lowest BCUT2D eigenvalue weighted by Crippen LogP contribution is -2.34. The average molecular weight is 312 g/mol. The molecule has 2 aromatic rings. The average Bonchev–Trinajstić information content (AvgIpc) is 2.95. The van der Waals surface area contributed by atoms with Gasteiger partial charge < -0.3 is 9.80 Å². The lowest BCUT2D eigenvalue weighted by Gasteiger charge is -2.20. The Morgan fingerprint density at radius 3 is 2.78 bits per heavy atom. The first-order chi connectivity index (χ1) is 11.1. The number of fused-ring (bicyclic) bond motifs is 1. The van der Waals surface area contributed by atoms with E-state index in [0.717, 1.165) is 16.7 Å². The summed E-state index contributed by atoms with van der Waals surface area (Å²) in [5.41, 5.74) is 2.40. The molecule has 1 atom stereocenters. The van der Waals surface area contributed by atoms with E-state index in [4.69, 9.17) is 0 Å². The van der Waals surface area contributed by atoms with E-state index in [-0.39, 0.29) is 17.7 Å². The largest absolute Gasteiger partial charge is 0.342 e. The minimum absolute atomic E-state index is 0.00995. The SMILES string of the molecule is CCN1CC(C(=O)N(C)Cc2cnc3ccccc3n2)CC1=O. The molecule has 3 rings (SSSR count). The van der Waals surface area contributed by atoms with E-state index in [0.29, 0.717) is 26.1 Å². The van der Waals surface area contributed by atoms with Crippen LogP contribution in [0.4, 0.5) is 0 Å². The third-order valence-corrected chi connectivity index (χ3v) is 4.22. The van der Waals surface area contributed by atoms with Crippen LogP contribution >= 0.6 is 0 Å². The van der Waals surface area contributed by atoms with Gasteiger partial charge in [-0.25, -0.2) is 4.98 Å². The Balaban J connectivity index is 1.69. The molecule has 1 aliphatic heterocycles. The van der Waals surface area contributed by atoms with Crippen LogP contribution in [0.25, 0.3) is 11.0 Å². The summed E-state index contributed by atoms with van der Waals surface area (Å²) >= 11 is 0. The molecule has 0 radical (unpaired) electrons. The van der Waals surface area contributed by atoms with Gasteiger partial charge in [0.1, 0.15) is 0 Å². The molecule has 23 heavy (non-hydrogen) atoms. The van der Waals surface area contributed by atoms with Crippen molar-refractivity contribution in [1.29, 1.82) is 0 Å². The highest BCUT2D eigenvalue weighted by atomic mass is 16.2. The highest BCUT2D eigenvalue weighted by Crippen LogP contribution is 2.20. The molecule has 2 heterocycles. The maximum absolute atomic E-state index is 12.5. The smallest absolute Gasteiger partial charge is 0.228 e. The van der Waals surface area contributed by atoms with Crippen LogP contribution < -0.4 is 0 Å². The normalized spacial score (nSPS) is 17.7. The Hall–Kier alpha value is -2.50. The number of hydrogen-bond donors (Lipinski definition) is 0. The second-order valence-corrected chi connectivity index (χ2v) is 5.88. The molecule has 1 unspecified atom stereocenters. The number of rotatable bonds is 4. The topological polar surface area (TPSA) is 66.4 Å². The zero-order chi connectivity index (χ0) is 16.4. The maximum atomic E-state index is 12.5. The molecule has 120 valence electrons. The number of hydrogen-bond acceptors (Lipinski definition) is 4. The Kier molecular flexibility index (Phi) is 4.23. The van der Waals surface area contributed by atoms with Gasteiger partial charge in [0.15, 0.2) is 0 Å². The number of carbonyl (C=O) groups is 2. The molecular formula is C17H20N4O2. The highest BCUT2D eigenvalue weighted by Gasteiger charge is 2.34.